The molecular weight excluding hydrogens is 236 g/mol. The van der Waals surface area contributed by atoms with E-state index in [9.17, 15) is 0 Å². The minimum absolute atomic E-state index is 0. The summed E-state index contributed by atoms with van der Waals surface area (Å²) in [7, 11) is -2.17. The van der Waals surface area contributed by atoms with Gasteiger partial charge in [-0.2, -0.15) is 0 Å². The molecule has 0 aliphatic rings. The third kappa shape index (κ3) is 10700. The van der Waals surface area contributed by atoms with Crippen molar-refractivity contribution >= 4 is 7.32 Å². The van der Waals surface area contributed by atoms with E-state index < -0.39 is 7.32 Å². The third-order valence-corrected chi connectivity index (χ3v) is 0. The van der Waals surface area contributed by atoms with E-state index in [0.717, 1.165) is 0 Å². The average molecular weight is 253 g/mol. The first kappa shape index (κ1) is 145. The van der Waals surface area contributed by atoms with Gasteiger partial charge < -0.3 is 53.4 Å². The maximum atomic E-state index is 7.17. The Hall–Kier alpha value is 0.288. The zero-order valence-electron chi connectivity index (χ0n) is 6.13. The van der Waals surface area contributed by atoms with E-state index in [1.807, 2.05) is 0 Å². The SMILES string of the molecule is O.O.O.O.O.O.O.OB(O)O.[Zn]. The molecule has 0 saturated heterocycles. The van der Waals surface area contributed by atoms with Crippen LogP contribution in [-0.4, -0.2) is 60.7 Å². The maximum absolute atomic E-state index is 7.17. The van der Waals surface area contributed by atoms with Crippen molar-refractivity contribution in [2.75, 3.05) is 0 Å². The molecule has 0 rings (SSSR count). The van der Waals surface area contributed by atoms with Crippen LogP contribution in [0.1, 0.15) is 0 Å². The zero-order valence-corrected chi connectivity index (χ0v) is 9.09. The van der Waals surface area contributed by atoms with E-state index in [0.29, 0.717) is 0 Å². The molecule has 17 N–H and O–H groups in total. The van der Waals surface area contributed by atoms with Crippen LogP contribution in [0.5, 0.6) is 0 Å². The molecule has 0 unspecified atom stereocenters. The molecule has 0 aliphatic carbocycles. The second-order valence-electron chi connectivity index (χ2n) is 0.346. The van der Waals surface area contributed by atoms with Gasteiger partial charge in [0, 0.05) is 19.5 Å². The Bertz CT molecular complexity index is 14.6. The summed E-state index contributed by atoms with van der Waals surface area (Å²) < 4.78 is 0. The molecular formula is H17BO10Zn. The minimum Gasteiger partial charge on any atom is -0.412 e. The molecule has 12 heavy (non-hydrogen) atoms. The molecule has 0 aromatic carbocycles. The topological polar surface area (TPSA) is 281 Å². The van der Waals surface area contributed by atoms with E-state index in [1.165, 1.54) is 0 Å². The van der Waals surface area contributed by atoms with Crippen LogP contribution in [-0.2, 0) is 19.5 Å². The predicted molar refractivity (Wildman–Crippen MR) is 37.7 cm³/mol. The summed E-state index contributed by atoms with van der Waals surface area (Å²) in [6, 6.07) is 0. The second kappa shape index (κ2) is 111. The number of rotatable bonds is 0. The molecule has 0 heterocycles. The largest absolute Gasteiger partial charge is 0.631 e. The van der Waals surface area contributed by atoms with Crippen LogP contribution in [0.4, 0.5) is 0 Å². The molecule has 10 nitrogen and oxygen atoms in total. The summed E-state index contributed by atoms with van der Waals surface area (Å²) in [6.45, 7) is 0. The average Bonchev–Trinajstić information content (AvgIpc) is 0.811. The van der Waals surface area contributed by atoms with E-state index in [-0.39, 0.29) is 57.8 Å². The van der Waals surface area contributed by atoms with Crippen LogP contribution >= 0.6 is 0 Å². The van der Waals surface area contributed by atoms with E-state index >= 15 is 0 Å². The van der Waals surface area contributed by atoms with Crippen molar-refractivity contribution in [1.82, 2.24) is 0 Å². The van der Waals surface area contributed by atoms with Gasteiger partial charge in [0.05, 0.1) is 0 Å². The molecule has 0 atom stereocenters. The summed E-state index contributed by atoms with van der Waals surface area (Å²) in [5.74, 6) is 0. The molecule has 0 fully saturated rings. The van der Waals surface area contributed by atoms with Crippen molar-refractivity contribution in [2.24, 2.45) is 0 Å². The predicted octanol–water partition coefficient (Wildman–Crippen LogP) is -7.83. The summed E-state index contributed by atoms with van der Waals surface area (Å²) in [6.07, 6.45) is 0. The second-order valence-corrected chi connectivity index (χ2v) is 0.346. The van der Waals surface area contributed by atoms with E-state index in [1.54, 1.807) is 0 Å². The molecule has 0 aliphatic heterocycles. The molecule has 0 radical (unpaired) electrons. The molecule has 0 spiro atoms. The molecule has 12 heteroatoms. The Balaban J connectivity index is -0.00000000161. The first-order chi connectivity index (χ1) is 1.73. The number of hydrogen-bond donors (Lipinski definition) is 3. The molecule has 0 saturated carbocycles. The van der Waals surface area contributed by atoms with Gasteiger partial charge in [-0.05, 0) is 0 Å². The normalized spacial score (nSPS) is 2.25. The van der Waals surface area contributed by atoms with Crippen molar-refractivity contribution in [3.63, 3.8) is 0 Å². The third-order valence-electron chi connectivity index (χ3n) is 0. The fraction of sp³-hybridized carbons (Fsp3) is 0. The van der Waals surface area contributed by atoms with Gasteiger partial charge in [-0.3, -0.25) is 0 Å². The van der Waals surface area contributed by atoms with Crippen molar-refractivity contribution in [3.05, 3.63) is 0 Å². The Morgan fingerprint density at radius 2 is 0.500 bits per heavy atom. The Morgan fingerprint density at radius 3 is 0.500 bits per heavy atom. The zero-order chi connectivity index (χ0) is 3.58. The van der Waals surface area contributed by atoms with Gasteiger partial charge in [0.2, 0.25) is 0 Å². The van der Waals surface area contributed by atoms with Crippen LogP contribution in [0.2, 0.25) is 0 Å². The summed E-state index contributed by atoms with van der Waals surface area (Å²) in [4.78, 5) is 0. The Kier molecular flexibility index (Phi) is 1330. The smallest absolute Gasteiger partial charge is 0.412 e. The molecule has 82 valence electrons. The molecule has 0 bridgehead atoms. The van der Waals surface area contributed by atoms with Gasteiger partial charge in [0.25, 0.3) is 0 Å². The summed E-state index contributed by atoms with van der Waals surface area (Å²) in [5.41, 5.74) is 0. The van der Waals surface area contributed by atoms with Gasteiger partial charge >= 0.3 is 7.32 Å². The monoisotopic (exact) mass is 252 g/mol. The fourth-order valence-electron chi connectivity index (χ4n) is 0. The molecule has 0 amide bonds. The fourth-order valence-corrected chi connectivity index (χ4v) is 0. The van der Waals surface area contributed by atoms with Gasteiger partial charge in [0.1, 0.15) is 0 Å². The molecule has 0 aromatic heterocycles. The van der Waals surface area contributed by atoms with E-state index in [2.05, 4.69) is 0 Å². The van der Waals surface area contributed by atoms with Crippen molar-refractivity contribution in [1.29, 1.82) is 0 Å². The molecule has 0 aromatic rings. The van der Waals surface area contributed by atoms with Crippen LogP contribution < -0.4 is 0 Å². The van der Waals surface area contributed by atoms with Crippen molar-refractivity contribution in [2.45, 2.75) is 0 Å². The summed E-state index contributed by atoms with van der Waals surface area (Å²) >= 11 is 0. The van der Waals surface area contributed by atoms with Crippen LogP contribution in [0.25, 0.3) is 0 Å². The Labute approximate surface area is 80.9 Å². The van der Waals surface area contributed by atoms with Crippen LogP contribution in [0.3, 0.4) is 0 Å². The Morgan fingerprint density at radius 1 is 0.500 bits per heavy atom. The van der Waals surface area contributed by atoms with Crippen molar-refractivity contribution < 1.29 is 72.9 Å². The first-order valence-corrected chi connectivity index (χ1v) is 0.775. The van der Waals surface area contributed by atoms with Crippen LogP contribution in [0, 0.1) is 0 Å². The quantitative estimate of drug-likeness (QED) is 0.354. The van der Waals surface area contributed by atoms with Crippen LogP contribution in [0.15, 0.2) is 0 Å². The standard InChI is InChI=1S/BH3O3.7H2O.Zn/c2-1(3)4;;;;;;;;/h2-4H;7*1H2;. The van der Waals surface area contributed by atoms with E-state index in [4.69, 9.17) is 15.1 Å². The van der Waals surface area contributed by atoms with Crippen molar-refractivity contribution in [3.8, 4) is 0 Å². The first-order valence-electron chi connectivity index (χ1n) is 0.775. The van der Waals surface area contributed by atoms with Gasteiger partial charge in [0.15, 0.2) is 0 Å². The van der Waals surface area contributed by atoms with Gasteiger partial charge in [-0.25, -0.2) is 0 Å². The van der Waals surface area contributed by atoms with Gasteiger partial charge in [-0.1, -0.05) is 0 Å². The minimum atomic E-state index is -2.17. The maximum Gasteiger partial charge on any atom is 0.631 e. The summed E-state index contributed by atoms with van der Waals surface area (Å²) in [5, 5.41) is 21.5. The number of hydrogen-bond acceptors (Lipinski definition) is 3. The van der Waals surface area contributed by atoms with Gasteiger partial charge in [-0.15, -0.1) is 0 Å².